The summed E-state index contributed by atoms with van der Waals surface area (Å²) in [6, 6.07) is 8.97. The molecule has 0 saturated heterocycles. The van der Waals surface area contributed by atoms with Crippen LogP contribution in [-0.4, -0.2) is 26.2 Å². The normalized spacial score (nSPS) is 14.0. The number of rotatable bonds is 4. The van der Waals surface area contributed by atoms with Crippen molar-refractivity contribution < 1.29 is 0 Å². The van der Waals surface area contributed by atoms with E-state index >= 15 is 0 Å². The van der Waals surface area contributed by atoms with E-state index in [0.717, 1.165) is 36.1 Å². The number of hydrogen-bond donors (Lipinski definition) is 2. The molecular formula is C18H19N5. The Bertz CT molecular complexity index is 781. The second kappa shape index (κ2) is 5.83. The number of aromatic nitrogens is 4. The van der Waals surface area contributed by atoms with E-state index in [9.17, 15) is 0 Å². The molecule has 23 heavy (non-hydrogen) atoms. The fourth-order valence-corrected chi connectivity index (χ4v) is 3.22. The Morgan fingerprint density at radius 1 is 1.09 bits per heavy atom. The number of nitrogens with one attached hydrogen (secondary N) is 2. The third-order valence-corrected chi connectivity index (χ3v) is 4.42. The molecule has 0 spiro atoms. The molecule has 0 unspecified atom stereocenters. The molecule has 2 N–H and O–H groups in total. The predicted octanol–water partition coefficient (Wildman–Crippen LogP) is 3.01. The van der Waals surface area contributed by atoms with Crippen LogP contribution in [0.15, 0.2) is 42.9 Å². The van der Waals surface area contributed by atoms with Crippen molar-refractivity contribution in [1.29, 1.82) is 0 Å². The van der Waals surface area contributed by atoms with Gasteiger partial charge < -0.3 is 5.32 Å². The molecule has 0 bridgehead atoms. The molecule has 4 rings (SSSR count). The van der Waals surface area contributed by atoms with Crippen LogP contribution in [0.25, 0.3) is 11.1 Å². The van der Waals surface area contributed by atoms with Crippen molar-refractivity contribution in [3.63, 3.8) is 0 Å². The van der Waals surface area contributed by atoms with Crippen LogP contribution in [0.1, 0.15) is 23.7 Å². The van der Waals surface area contributed by atoms with Crippen LogP contribution in [0.5, 0.6) is 0 Å². The average molecular weight is 305 g/mol. The molecule has 0 aliphatic heterocycles. The first-order valence-electron chi connectivity index (χ1n) is 8.01. The highest BCUT2D eigenvalue weighted by molar-refractivity contribution is 5.63. The molecule has 2 aromatic heterocycles. The minimum Gasteiger partial charge on any atom is -0.351 e. The SMILES string of the molecule is CCc1[nH]ncc1-c1cnc(NC2Cc3ccccc3C2)nc1. The van der Waals surface area contributed by atoms with E-state index in [1.165, 1.54) is 11.1 Å². The molecule has 5 nitrogen and oxygen atoms in total. The monoisotopic (exact) mass is 305 g/mol. The molecule has 0 atom stereocenters. The number of aryl methyl sites for hydroxylation is 1. The van der Waals surface area contributed by atoms with Gasteiger partial charge in [0.25, 0.3) is 0 Å². The number of fused-ring (bicyclic) bond motifs is 1. The van der Waals surface area contributed by atoms with Gasteiger partial charge in [-0.1, -0.05) is 31.2 Å². The van der Waals surface area contributed by atoms with E-state index in [2.05, 4.69) is 56.7 Å². The maximum absolute atomic E-state index is 4.47. The Labute approximate surface area is 135 Å². The first-order valence-corrected chi connectivity index (χ1v) is 8.01. The number of H-pyrrole nitrogens is 1. The smallest absolute Gasteiger partial charge is 0.222 e. The summed E-state index contributed by atoms with van der Waals surface area (Å²) in [5.41, 5.74) is 6.03. The van der Waals surface area contributed by atoms with Gasteiger partial charge in [0.2, 0.25) is 5.95 Å². The van der Waals surface area contributed by atoms with Crippen LogP contribution in [0.4, 0.5) is 5.95 Å². The van der Waals surface area contributed by atoms with Gasteiger partial charge in [-0.2, -0.15) is 5.10 Å². The lowest BCUT2D eigenvalue weighted by Gasteiger charge is -2.11. The minimum atomic E-state index is 0.373. The van der Waals surface area contributed by atoms with Crippen molar-refractivity contribution in [3.8, 4) is 11.1 Å². The molecule has 0 saturated carbocycles. The Morgan fingerprint density at radius 2 is 1.78 bits per heavy atom. The summed E-state index contributed by atoms with van der Waals surface area (Å²) in [6.07, 6.45) is 8.53. The molecule has 1 aromatic carbocycles. The lowest BCUT2D eigenvalue weighted by molar-refractivity contribution is 0.761. The zero-order valence-electron chi connectivity index (χ0n) is 13.1. The number of hydrogen-bond acceptors (Lipinski definition) is 4. The zero-order valence-corrected chi connectivity index (χ0v) is 13.1. The molecule has 1 aliphatic rings. The van der Waals surface area contributed by atoms with Gasteiger partial charge >= 0.3 is 0 Å². The fourth-order valence-electron chi connectivity index (χ4n) is 3.22. The third-order valence-electron chi connectivity index (χ3n) is 4.42. The molecule has 2 heterocycles. The van der Waals surface area contributed by atoms with Crippen molar-refractivity contribution >= 4 is 5.95 Å². The first kappa shape index (κ1) is 13.9. The summed E-state index contributed by atoms with van der Waals surface area (Å²) >= 11 is 0. The third kappa shape index (κ3) is 2.70. The average Bonchev–Trinajstić information content (AvgIpc) is 3.21. The van der Waals surface area contributed by atoms with Gasteiger partial charge in [0.1, 0.15) is 0 Å². The maximum atomic E-state index is 4.47. The van der Waals surface area contributed by atoms with Gasteiger partial charge in [-0.25, -0.2) is 9.97 Å². The van der Waals surface area contributed by atoms with Crippen molar-refractivity contribution in [3.05, 3.63) is 59.7 Å². The van der Waals surface area contributed by atoms with Gasteiger partial charge in [0.05, 0.1) is 6.20 Å². The lowest BCUT2D eigenvalue weighted by atomic mass is 10.1. The summed E-state index contributed by atoms with van der Waals surface area (Å²) in [7, 11) is 0. The minimum absolute atomic E-state index is 0.373. The van der Waals surface area contributed by atoms with Crippen LogP contribution < -0.4 is 5.32 Å². The summed E-state index contributed by atoms with van der Waals surface area (Å²) < 4.78 is 0. The van der Waals surface area contributed by atoms with Gasteiger partial charge in [-0.05, 0) is 30.4 Å². The van der Waals surface area contributed by atoms with Gasteiger partial charge in [0, 0.05) is 35.3 Å². The van der Waals surface area contributed by atoms with Crippen LogP contribution in [0.3, 0.4) is 0 Å². The van der Waals surface area contributed by atoms with E-state index in [1.807, 2.05) is 18.6 Å². The molecule has 116 valence electrons. The summed E-state index contributed by atoms with van der Waals surface area (Å²) in [4.78, 5) is 8.94. The summed E-state index contributed by atoms with van der Waals surface area (Å²) in [6.45, 7) is 2.10. The van der Waals surface area contributed by atoms with Gasteiger partial charge in [-0.15, -0.1) is 0 Å². The second-order valence-corrected chi connectivity index (χ2v) is 5.93. The topological polar surface area (TPSA) is 66.5 Å². The molecule has 0 radical (unpaired) electrons. The number of benzene rings is 1. The highest BCUT2D eigenvalue weighted by Crippen LogP contribution is 2.24. The van der Waals surface area contributed by atoms with Crippen molar-refractivity contribution in [2.24, 2.45) is 0 Å². The van der Waals surface area contributed by atoms with E-state index in [1.54, 1.807) is 0 Å². The number of anilines is 1. The quantitative estimate of drug-likeness (QED) is 0.777. The summed E-state index contributed by atoms with van der Waals surface area (Å²) in [5, 5.41) is 10.6. The Kier molecular flexibility index (Phi) is 3.54. The van der Waals surface area contributed by atoms with E-state index in [0.29, 0.717) is 12.0 Å². The summed E-state index contributed by atoms with van der Waals surface area (Å²) in [5.74, 6) is 0.688. The van der Waals surface area contributed by atoms with Crippen LogP contribution in [0, 0.1) is 0 Å². The first-order chi connectivity index (χ1) is 11.3. The largest absolute Gasteiger partial charge is 0.351 e. The fraction of sp³-hybridized carbons (Fsp3) is 0.278. The van der Waals surface area contributed by atoms with Crippen molar-refractivity contribution in [1.82, 2.24) is 20.2 Å². The van der Waals surface area contributed by atoms with Crippen molar-refractivity contribution in [2.45, 2.75) is 32.2 Å². The van der Waals surface area contributed by atoms with Crippen LogP contribution in [0.2, 0.25) is 0 Å². The van der Waals surface area contributed by atoms with Gasteiger partial charge in [0.15, 0.2) is 0 Å². The Hall–Kier alpha value is -2.69. The van der Waals surface area contributed by atoms with Crippen LogP contribution >= 0.6 is 0 Å². The van der Waals surface area contributed by atoms with Crippen LogP contribution in [-0.2, 0) is 19.3 Å². The van der Waals surface area contributed by atoms with E-state index in [-0.39, 0.29) is 0 Å². The highest BCUT2D eigenvalue weighted by atomic mass is 15.1. The number of aromatic amines is 1. The molecule has 0 amide bonds. The standard InChI is InChI=1S/C18H19N5/c1-2-17-16(11-21-23-17)14-9-19-18(20-10-14)22-15-7-12-5-3-4-6-13(12)8-15/h3-6,9-11,15H,2,7-8H2,1H3,(H,21,23)(H,19,20,22). The maximum Gasteiger partial charge on any atom is 0.222 e. The van der Waals surface area contributed by atoms with Crippen molar-refractivity contribution in [2.75, 3.05) is 5.32 Å². The van der Waals surface area contributed by atoms with E-state index in [4.69, 9.17) is 0 Å². The van der Waals surface area contributed by atoms with E-state index < -0.39 is 0 Å². The predicted molar refractivity (Wildman–Crippen MR) is 90.3 cm³/mol. The molecular weight excluding hydrogens is 286 g/mol. The molecule has 5 heteroatoms. The second-order valence-electron chi connectivity index (χ2n) is 5.93. The van der Waals surface area contributed by atoms with Gasteiger partial charge in [-0.3, -0.25) is 5.10 Å². The highest BCUT2D eigenvalue weighted by Gasteiger charge is 2.21. The molecule has 3 aromatic rings. The Balaban J connectivity index is 1.47. The molecule has 0 fully saturated rings. The number of nitrogens with zero attached hydrogens (tertiary/aromatic N) is 3. The lowest BCUT2D eigenvalue weighted by Crippen LogP contribution is -2.20. The Morgan fingerprint density at radius 3 is 2.43 bits per heavy atom. The molecule has 1 aliphatic carbocycles. The zero-order chi connectivity index (χ0) is 15.6.